The monoisotopic (exact) mass is 440 g/mol. The van der Waals surface area contributed by atoms with E-state index in [0.29, 0.717) is 6.54 Å². The highest BCUT2D eigenvalue weighted by Crippen LogP contribution is 2.21. The van der Waals surface area contributed by atoms with E-state index >= 15 is 0 Å². The van der Waals surface area contributed by atoms with Crippen molar-refractivity contribution < 1.29 is 27.1 Å². The van der Waals surface area contributed by atoms with Crippen molar-refractivity contribution in [2.75, 3.05) is 26.2 Å². The number of rotatable bonds is 10. The fraction of sp³-hybridized carbons (Fsp3) is 0.524. The van der Waals surface area contributed by atoms with Gasteiger partial charge in [-0.1, -0.05) is 25.5 Å². The van der Waals surface area contributed by atoms with E-state index in [1.165, 1.54) is 18.4 Å². The van der Waals surface area contributed by atoms with Crippen LogP contribution in [0.5, 0.6) is 0 Å². The second-order valence-corrected chi connectivity index (χ2v) is 8.93. The summed E-state index contributed by atoms with van der Waals surface area (Å²) < 4.78 is 45.3. The molecule has 0 atom stereocenters. The molecule has 0 saturated heterocycles. The number of halogens is 1. The average Bonchev–Trinajstić information content (AvgIpc) is 2.73. The van der Waals surface area contributed by atoms with Crippen LogP contribution in [-0.2, 0) is 19.6 Å². The third kappa shape index (κ3) is 6.37. The Morgan fingerprint density at radius 1 is 1.20 bits per heavy atom. The van der Waals surface area contributed by atoms with Gasteiger partial charge in [0.25, 0.3) is 5.91 Å². The minimum atomic E-state index is -4.08. The van der Waals surface area contributed by atoms with Crippen LogP contribution in [0.4, 0.5) is 4.39 Å². The number of nitrogens with zero attached hydrogens (tertiary/aromatic N) is 1. The Balaban J connectivity index is 1.93. The first-order chi connectivity index (χ1) is 14.3. The summed E-state index contributed by atoms with van der Waals surface area (Å²) in [7, 11) is -4.08. The number of amides is 1. The maximum Gasteiger partial charge on any atom is 0.338 e. The van der Waals surface area contributed by atoms with Gasteiger partial charge in [0.2, 0.25) is 10.0 Å². The van der Waals surface area contributed by atoms with Crippen LogP contribution in [-0.4, -0.2) is 50.8 Å². The van der Waals surface area contributed by atoms with Crippen molar-refractivity contribution in [2.24, 2.45) is 0 Å². The molecule has 2 rings (SSSR count). The standard InChI is InChI=1S/C21H29FN2O5S/c1-3-24(4-2)30(27,28)19-14-17(10-11-18(19)22)21(26)29-15-20(25)23-13-12-16-8-6-5-7-9-16/h8,10-11,14H,3-7,9,12-13,15H2,1-2H3,(H,23,25). The number of carbonyl (C=O) groups excluding carboxylic acids is 2. The molecular formula is C21H29FN2O5S. The van der Waals surface area contributed by atoms with Crippen molar-refractivity contribution in [2.45, 2.75) is 50.8 Å². The van der Waals surface area contributed by atoms with Crippen LogP contribution < -0.4 is 5.32 Å². The first-order valence-corrected chi connectivity index (χ1v) is 11.6. The summed E-state index contributed by atoms with van der Waals surface area (Å²) in [6.45, 7) is 3.59. The van der Waals surface area contributed by atoms with Gasteiger partial charge in [-0.2, -0.15) is 4.31 Å². The predicted molar refractivity (Wildman–Crippen MR) is 111 cm³/mol. The molecule has 0 heterocycles. The number of ether oxygens (including phenoxy) is 1. The Labute approximate surface area is 177 Å². The molecule has 1 aliphatic carbocycles. The Morgan fingerprint density at radius 2 is 1.93 bits per heavy atom. The quantitative estimate of drug-likeness (QED) is 0.446. The zero-order chi connectivity index (χ0) is 22.1. The SMILES string of the molecule is CCN(CC)S(=O)(=O)c1cc(C(=O)OCC(=O)NCCC2=CCCCC2)ccc1F. The second-order valence-electron chi connectivity index (χ2n) is 7.02. The summed E-state index contributed by atoms with van der Waals surface area (Å²) in [5, 5.41) is 2.69. The van der Waals surface area contributed by atoms with Crippen molar-refractivity contribution in [1.29, 1.82) is 0 Å². The van der Waals surface area contributed by atoms with E-state index < -0.39 is 39.2 Å². The van der Waals surface area contributed by atoms with Gasteiger partial charge in [0.1, 0.15) is 10.7 Å². The molecule has 1 aliphatic rings. The zero-order valence-corrected chi connectivity index (χ0v) is 18.3. The third-order valence-corrected chi connectivity index (χ3v) is 7.04. The summed E-state index contributed by atoms with van der Waals surface area (Å²) in [4.78, 5) is 23.5. The Kier molecular flexibility index (Phi) is 8.98. The molecule has 0 saturated carbocycles. The summed E-state index contributed by atoms with van der Waals surface area (Å²) in [5.41, 5.74) is 1.19. The molecule has 0 bridgehead atoms. The van der Waals surface area contributed by atoms with Crippen LogP contribution in [0.25, 0.3) is 0 Å². The minimum absolute atomic E-state index is 0.137. The maximum atomic E-state index is 14.1. The van der Waals surface area contributed by atoms with Crippen molar-refractivity contribution in [3.63, 3.8) is 0 Å². The van der Waals surface area contributed by atoms with E-state index in [1.54, 1.807) is 13.8 Å². The van der Waals surface area contributed by atoms with Crippen molar-refractivity contribution in [1.82, 2.24) is 9.62 Å². The molecule has 0 unspecified atom stereocenters. The minimum Gasteiger partial charge on any atom is -0.452 e. The van der Waals surface area contributed by atoms with Gasteiger partial charge in [0.15, 0.2) is 6.61 Å². The first kappa shape index (κ1) is 24.0. The van der Waals surface area contributed by atoms with Gasteiger partial charge in [0.05, 0.1) is 5.56 Å². The van der Waals surface area contributed by atoms with Gasteiger partial charge in [-0.15, -0.1) is 0 Å². The smallest absolute Gasteiger partial charge is 0.338 e. The van der Waals surface area contributed by atoms with Gasteiger partial charge in [-0.05, 0) is 50.3 Å². The lowest BCUT2D eigenvalue weighted by molar-refractivity contribution is -0.124. The number of sulfonamides is 1. The predicted octanol–water partition coefficient (Wildman–Crippen LogP) is 3.02. The molecule has 1 aromatic carbocycles. The number of nitrogens with one attached hydrogen (secondary N) is 1. The van der Waals surface area contributed by atoms with E-state index in [-0.39, 0.29) is 18.7 Å². The van der Waals surface area contributed by atoms with Crippen molar-refractivity contribution in [3.05, 3.63) is 41.2 Å². The summed E-state index contributed by atoms with van der Waals surface area (Å²) in [5.74, 6) is -2.29. The fourth-order valence-electron chi connectivity index (χ4n) is 3.29. The Bertz CT molecular complexity index is 895. The number of allylic oxidation sites excluding steroid dienone is 1. The molecule has 0 aliphatic heterocycles. The second kappa shape index (κ2) is 11.2. The molecule has 9 heteroatoms. The third-order valence-electron chi connectivity index (χ3n) is 4.98. The molecule has 30 heavy (non-hydrogen) atoms. The van der Waals surface area contributed by atoms with E-state index in [1.807, 2.05) is 0 Å². The largest absolute Gasteiger partial charge is 0.452 e. The van der Waals surface area contributed by atoms with Crippen LogP contribution in [0.15, 0.2) is 34.7 Å². The molecular weight excluding hydrogens is 411 g/mol. The van der Waals surface area contributed by atoms with Gasteiger partial charge in [0, 0.05) is 19.6 Å². The summed E-state index contributed by atoms with van der Waals surface area (Å²) >= 11 is 0. The van der Waals surface area contributed by atoms with E-state index in [0.717, 1.165) is 41.8 Å². The van der Waals surface area contributed by atoms with Crippen molar-refractivity contribution in [3.8, 4) is 0 Å². The lowest BCUT2D eigenvalue weighted by Crippen LogP contribution is -2.31. The highest BCUT2D eigenvalue weighted by atomic mass is 32.2. The number of benzene rings is 1. The van der Waals surface area contributed by atoms with Gasteiger partial charge < -0.3 is 10.1 Å². The number of carbonyl (C=O) groups is 2. The number of hydrogen-bond donors (Lipinski definition) is 1. The van der Waals surface area contributed by atoms with Gasteiger partial charge in [-0.25, -0.2) is 17.6 Å². The molecule has 0 spiro atoms. The van der Waals surface area contributed by atoms with Crippen LogP contribution >= 0.6 is 0 Å². The van der Waals surface area contributed by atoms with Gasteiger partial charge in [-0.3, -0.25) is 4.79 Å². The summed E-state index contributed by atoms with van der Waals surface area (Å²) in [6.07, 6.45) is 7.46. The Morgan fingerprint density at radius 3 is 2.57 bits per heavy atom. The molecule has 1 N–H and O–H groups in total. The van der Waals surface area contributed by atoms with Crippen molar-refractivity contribution >= 4 is 21.9 Å². The normalized spacial score (nSPS) is 14.3. The lowest BCUT2D eigenvalue weighted by Gasteiger charge is -2.19. The molecule has 1 aromatic rings. The lowest BCUT2D eigenvalue weighted by atomic mass is 9.97. The van der Waals surface area contributed by atoms with E-state index in [9.17, 15) is 22.4 Å². The summed E-state index contributed by atoms with van der Waals surface area (Å²) in [6, 6.07) is 2.98. The van der Waals surface area contributed by atoms with Crippen LogP contribution in [0.1, 0.15) is 56.3 Å². The highest BCUT2D eigenvalue weighted by Gasteiger charge is 2.26. The highest BCUT2D eigenvalue weighted by molar-refractivity contribution is 7.89. The topological polar surface area (TPSA) is 92.8 Å². The number of hydrogen-bond acceptors (Lipinski definition) is 5. The molecule has 166 valence electrons. The molecule has 0 fully saturated rings. The van der Waals surface area contributed by atoms with E-state index in [4.69, 9.17) is 4.74 Å². The molecule has 1 amide bonds. The molecule has 7 nitrogen and oxygen atoms in total. The van der Waals surface area contributed by atoms with Crippen LogP contribution in [0, 0.1) is 5.82 Å². The molecule has 0 radical (unpaired) electrons. The Hall–Kier alpha value is -2.26. The molecule has 0 aromatic heterocycles. The average molecular weight is 441 g/mol. The first-order valence-electron chi connectivity index (χ1n) is 10.2. The van der Waals surface area contributed by atoms with E-state index in [2.05, 4.69) is 11.4 Å². The van der Waals surface area contributed by atoms with Crippen LogP contribution in [0.3, 0.4) is 0 Å². The fourth-order valence-corrected chi connectivity index (χ4v) is 4.84. The zero-order valence-electron chi connectivity index (χ0n) is 17.4. The van der Waals surface area contributed by atoms with Gasteiger partial charge >= 0.3 is 5.97 Å². The number of esters is 1. The maximum absolute atomic E-state index is 14.1. The van der Waals surface area contributed by atoms with Crippen LogP contribution in [0.2, 0.25) is 0 Å².